The fourth-order valence-corrected chi connectivity index (χ4v) is 2.37. The van der Waals surface area contributed by atoms with Gasteiger partial charge in [-0.25, -0.2) is 4.98 Å². The Hall–Kier alpha value is -3.08. The van der Waals surface area contributed by atoms with Crippen molar-refractivity contribution in [2.45, 2.75) is 27.0 Å². The molecule has 0 aliphatic rings. The second-order valence-corrected chi connectivity index (χ2v) is 6.98. The topological polar surface area (TPSA) is 53.4 Å². The third-order valence-electron chi connectivity index (χ3n) is 3.81. The SMILES string of the molecule is CC(C)(C)C(=O)C(Oc1ccc(Oc2ccccc2)cc1)n1ccnc1. The molecule has 1 atom stereocenters. The van der Waals surface area contributed by atoms with Gasteiger partial charge in [-0.3, -0.25) is 9.36 Å². The van der Waals surface area contributed by atoms with Crippen LogP contribution in [0.15, 0.2) is 73.3 Å². The summed E-state index contributed by atoms with van der Waals surface area (Å²) in [4.78, 5) is 16.8. The van der Waals surface area contributed by atoms with Gasteiger partial charge in [0.1, 0.15) is 17.2 Å². The summed E-state index contributed by atoms with van der Waals surface area (Å²) >= 11 is 0. The van der Waals surface area contributed by atoms with Gasteiger partial charge >= 0.3 is 0 Å². The van der Waals surface area contributed by atoms with Gasteiger partial charge in [-0.2, -0.15) is 0 Å². The van der Waals surface area contributed by atoms with Crippen molar-refractivity contribution in [1.29, 1.82) is 0 Å². The van der Waals surface area contributed by atoms with Gasteiger partial charge in [0, 0.05) is 17.8 Å². The van der Waals surface area contributed by atoms with E-state index in [1.807, 2.05) is 63.2 Å². The van der Waals surface area contributed by atoms with Crippen LogP contribution in [0.5, 0.6) is 17.2 Å². The van der Waals surface area contributed by atoms with E-state index in [0.29, 0.717) is 11.5 Å². The number of nitrogens with zero attached hydrogens (tertiary/aromatic N) is 2. The van der Waals surface area contributed by atoms with Crippen LogP contribution in [-0.2, 0) is 4.79 Å². The summed E-state index contributed by atoms with van der Waals surface area (Å²) in [7, 11) is 0. The van der Waals surface area contributed by atoms with Crippen molar-refractivity contribution >= 4 is 5.78 Å². The molecule has 0 spiro atoms. The zero-order valence-electron chi connectivity index (χ0n) is 15.1. The Balaban J connectivity index is 1.76. The minimum absolute atomic E-state index is 0.0277. The number of carbonyl (C=O) groups excluding carboxylic acids is 1. The second kappa shape index (κ2) is 7.44. The lowest BCUT2D eigenvalue weighted by molar-refractivity contribution is -0.137. The van der Waals surface area contributed by atoms with E-state index in [0.717, 1.165) is 5.75 Å². The summed E-state index contributed by atoms with van der Waals surface area (Å²) in [5.41, 5.74) is -0.536. The van der Waals surface area contributed by atoms with Gasteiger partial charge in [0.2, 0.25) is 6.23 Å². The second-order valence-electron chi connectivity index (χ2n) is 6.98. The predicted octanol–water partition coefficient (Wildman–Crippen LogP) is 4.87. The number of para-hydroxylation sites is 1. The summed E-state index contributed by atoms with van der Waals surface area (Å²) in [5.74, 6) is 2.02. The number of imidazole rings is 1. The first kappa shape index (κ1) is 17.7. The van der Waals surface area contributed by atoms with Crippen LogP contribution < -0.4 is 9.47 Å². The van der Waals surface area contributed by atoms with E-state index in [9.17, 15) is 4.79 Å². The first-order chi connectivity index (χ1) is 12.4. The Morgan fingerprint density at radius 2 is 1.58 bits per heavy atom. The minimum Gasteiger partial charge on any atom is -0.463 e. The van der Waals surface area contributed by atoms with Crippen LogP contribution in [0.3, 0.4) is 0 Å². The Morgan fingerprint density at radius 1 is 0.962 bits per heavy atom. The number of ether oxygens (including phenoxy) is 2. The Kier molecular flexibility index (Phi) is 5.07. The van der Waals surface area contributed by atoms with Crippen LogP contribution in [0.4, 0.5) is 0 Å². The zero-order chi connectivity index (χ0) is 18.6. The molecule has 0 N–H and O–H groups in total. The molecule has 1 unspecified atom stereocenters. The molecule has 0 aliphatic carbocycles. The van der Waals surface area contributed by atoms with Crippen LogP contribution >= 0.6 is 0 Å². The maximum atomic E-state index is 12.8. The molecule has 3 rings (SSSR count). The average Bonchev–Trinajstić information content (AvgIpc) is 3.15. The van der Waals surface area contributed by atoms with Crippen molar-refractivity contribution in [3.63, 3.8) is 0 Å². The van der Waals surface area contributed by atoms with Crippen molar-refractivity contribution in [3.05, 3.63) is 73.3 Å². The molecule has 3 aromatic rings. The van der Waals surface area contributed by atoms with Gasteiger partial charge in [0.15, 0.2) is 5.78 Å². The molecule has 1 aromatic heterocycles. The van der Waals surface area contributed by atoms with Crippen molar-refractivity contribution in [1.82, 2.24) is 9.55 Å². The van der Waals surface area contributed by atoms with E-state index in [1.54, 1.807) is 35.4 Å². The van der Waals surface area contributed by atoms with Crippen LogP contribution in [0.25, 0.3) is 0 Å². The van der Waals surface area contributed by atoms with Crippen molar-refractivity contribution in [2.24, 2.45) is 5.41 Å². The number of aromatic nitrogens is 2. The number of hydrogen-bond donors (Lipinski definition) is 0. The van der Waals surface area contributed by atoms with Crippen molar-refractivity contribution in [3.8, 4) is 17.2 Å². The van der Waals surface area contributed by atoms with Crippen LogP contribution in [0, 0.1) is 5.41 Å². The van der Waals surface area contributed by atoms with E-state index in [1.165, 1.54) is 0 Å². The van der Waals surface area contributed by atoms with E-state index < -0.39 is 11.6 Å². The van der Waals surface area contributed by atoms with E-state index in [2.05, 4.69) is 4.98 Å². The summed E-state index contributed by atoms with van der Waals surface area (Å²) in [6.45, 7) is 5.62. The normalized spacial score (nSPS) is 12.4. The molecule has 0 aliphatic heterocycles. The highest BCUT2D eigenvalue weighted by Crippen LogP contribution is 2.28. The molecular formula is C21H22N2O3. The molecule has 26 heavy (non-hydrogen) atoms. The molecule has 2 aromatic carbocycles. The lowest BCUT2D eigenvalue weighted by Gasteiger charge is -2.26. The molecule has 0 saturated carbocycles. The zero-order valence-corrected chi connectivity index (χ0v) is 15.1. The predicted molar refractivity (Wildman–Crippen MR) is 99.3 cm³/mol. The monoisotopic (exact) mass is 350 g/mol. The van der Waals surface area contributed by atoms with Crippen LogP contribution in [0.2, 0.25) is 0 Å². The fraction of sp³-hybridized carbons (Fsp3) is 0.238. The minimum atomic E-state index is -0.765. The highest BCUT2D eigenvalue weighted by Gasteiger charge is 2.32. The quantitative estimate of drug-likeness (QED) is 0.636. The molecular weight excluding hydrogens is 328 g/mol. The molecule has 0 radical (unpaired) electrons. The summed E-state index contributed by atoms with van der Waals surface area (Å²) < 4.78 is 13.4. The van der Waals surface area contributed by atoms with E-state index in [-0.39, 0.29) is 5.78 Å². The smallest absolute Gasteiger partial charge is 0.236 e. The highest BCUT2D eigenvalue weighted by molar-refractivity contribution is 5.86. The standard InChI is InChI=1S/C21H22N2O3/c1-21(2,3)19(24)20(23-14-13-22-15-23)26-18-11-9-17(10-12-18)25-16-7-5-4-6-8-16/h4-15,20H,1-3H3. The summed E-state index contributed by atoms with van der Waals surface area (Å²) in [6, 6.07) is 16.8. The first-order valence-electron chi connectivity index (χ1n) is 8.45. The van der Waals surface area contributed by atoms with Crippen molar-refractivity contribution in [2.75, 3.05) is 0 Å². The molecule has 0 fully saturated rings. The average molecular weight is 350 g/mol. The maximum Gasteiger partial charge on any atom is 0.236 e. The van der Waals surface area contributed by atoms with Gasteiger partial charge in [0.25, 0.3) is 0 Å². The highest BCUT2D eigenvalue weighted by atomic mass is 16.5. The molecule has 1 heterocycles. The van der Waals surface area contributed by atoms with Crippen LogP contribution in [0.1, 0.15) is 27.0 Å². The lowest BCUT2D eigenvalue weighted by Crippen LogP contribution is -2.33. The number of carbonyl (C=O) groups is 1. The molecule has 0 saturated heterocycles. The van der Waals surface area contributed by atoms with Crippen molar-refractivity contribution < 1.29 is 14.3 Å². The third kappa shape index (κ3) is 4.30. The molecule has 5 heteroatoms. The Labute approximate surface area is 153 Å². The molecule has 134 valence electrons. The Bertz CT molecular complexity index is 835. The number of rotatable bonds is 6. The number of hydrogen-bond acceptors (Lipinski definition) is 4. The molecule has 5 nitrogen and oxygen atoms in total. The van der Waals surface area contributed by atoms with Gasteiger partial charge in [-0.1, -0.05) is 39.0 Å². The fourth-order valence-electron chi connectivity index (χ4n) is 2.37. The maximum absolute atomic E-state index is 12.8. The lowest BCUT2D eigenvalue weighted by atomic mass is 9.89. The van der Waals surface area contributed by atoms with Crippen LogP contribution in [-0.4, -0.2) is 15.3 Å². The number of benzene rings is 2. The first-order valence-corrected chi connectivity index (χ1v) is 8.45. The molecule has 0 amide bonds. The molecule has 0 bridgehead atoms. The van der Waals surface area contributed by atoms with Gasteiger partial charge < -0.3 is 9.47 Å². The Morgan fingerprint density at radius 3 is 2.15 bits per heavy atom. The third-order valence-corrected chi connectivity index (χ3v) is 3.81. The van der Waals surface area contributed by atoms with Gasteiger partial charge in [-0.05, 0) is 36.4 Å². The van der Waals surface area contributed by atoms with E-state index in [4.69, 9.17) is 9.47 Å². The summed E-state index contributed by atoms with van der Waals surface area (Å²) in [5, 5.41) is 0. The van der Waals surface area contributed by atoms with Gasteiger partial charge in [0.05, 0.1) is 6.33 Å². The number of Topliss-reactive ketones (excluding diaryl/α,β-unsaturated/α-hetero) is 1. The largest absolute Gasteiger partial charge is 0.463 e. The number of ketones is 1. The van der Waals surface area contributed by atoms with Gasteiger partial charge in [-0.15, -0.1) is 0 Å². The summed E-state index contributed by atoms with van der Waals surface area (Å²) in [6.07, 6.45) is 4.17. The van der Waals surface area contributed by atoms with E-state index >= 15 is 0 Å².